The highest BCUT2D eigenvalue weighted by atomic mass is 79.9. The Morgan fingerprint density at radius 2 is 1.50 bits per heavy atom. The van der Waals surface area contributed by atoms with Crippen LogP contribution in [0, 0.1) is 0 Å². The molecular formula is C15H12BrNO. The maximum atomic E-state index is 12.4. The molecule has 90 valence electrons. The van der Waals surface area contributed by atoms with Gasteiger partial charge in [0.1, 0.15) is 0 Å². The molecule has 3 heteroatoms. The molecule has 0 unspecified atom stereocenters. The molecule has 0 radical (unpaired) electrons. The number of rotatable bonds is 1. The minimum absolute atomic E-state index is 0.0821. The molecular weight excluding hydrogens is 290 g/mol. The number of fused-ring (bicyclic) bond motifs is 1. The molecule has 0 aliphatic carbocycles. The molecule has 0 saturated heterocycles. The van der Waals surface area contributed by atoms with Gasteiger partial charge in [0.15, 0.2) is 0 Å². The summed E-state index contributed by atoms with van der Waals surface area (Å²) in [5.41, 5.74) is 3.22. The zero-order valence-corrected chi connectivity index (χ0v) is 11.4. The van der Waals surface area contributed by atoms with Gasteiger partial charge in [-0.25, -0.2) is 0 Å². The Hall–Kier alpha value is -1.61. The Kier molecular flexibility index (Phi) is 2.92. The van der Waals surface area contributed by atoms with Gasteiger partial charge in [0.25, 0.3) is 5.91 Å². The fourth-order valence-corrected chi connectivity index (χ4v) is 2.74. The van der Waals surface area contributed by atoms with Crippen molar-refractivity contribution < 1.29 is 4.79 Å². The van der Waals surface area contributed by atoms with Crippen molar-refractivity contribution in [3.8, 4) is 0 Å². The lowest BCUT2D eigenvalue weighted by atomic mass is 10.1. The zero-order chi connectivity index (χ0) is 12.5. The predicted octanol–water partition coefficient (Wildman–Crippen LogP) is 3.61. The molecule has 0 aromatic heterocycles. The average molecular weight is 302 g/mol. The van der Waals surface area contributed by atoms with Crippen molar-refractivity contribution in [1.82, 2.24) is 4.90 Å². The second-order valence-electron chi connectivity index (χ2n) is 4.41. The lowest BCUT2D eigenvalue weighted by Crippen LogP contribution is -2.25. The second kappa shape index (κ2) is 4.58. The van der Waals surface area contributed by atoms with Gasteiger partial charge < -0.3 is 4.90 Å². The Morgan fingerprint density at radius 1 is 0.944 bits per heavy atom. The van der Waals surface area contributed by atoms with Crippen molar-refractivity contribution in [2.45, 2.75) is 13.1 Å². The van der Waals surface area contributed by atoms with Crippen LogP contribution in [0.3, 0.4) is 0 Å². The molecule has 1 amide bonds. The van der Waals surface area contributed by atoms with Crippen LogP contribution in [-0.2, 0) is 13.1 Å². The fourth-order valence-electron chi connectivity index (χ4n) is 2.28. The lowest BCUT2D eigenvalue weighted by Gasteiger charge is -2.16. The highest BCUT2D eigenvalue weighted by molar-refractivity contribution is 9.10. The van der Waals surface area contributed by atoms with Crippen molar-refractivity contribution >= 4 is 21.8 Å². The highest BCUT2D eigenvalue weighted by Crippen LogP contribution is 2.26. The van der Waals surface area contributed by atoms with Crippen molar-refractivity contribution in [2.24, 2.45) is 0 Å². The van der Waals surface area contributed by atoms with Crippen LogP contribution in [0.5, 0.6) is 0 Å². The van der Waals surface area contributed by atoms with Gasteiger partial charge in [-0.05, 0) is 39.2 Å². The molecule has 3 rings (SSSR count). The van der Waals surface area contributed by atoms with E-state index in [0.717, 1.165) is 10.0 Å². The number of hydrogen-bond donors (Lipinski definition) is 0. The lowest BCUT2D eigenvalue weighted by molar-refractivity contribution is 0.0750. The van der Waals surface area contributed by atoms with Crippen LogP contribution in [0.2, 0.25) is 0 Å². The number of carbonyl (C=O) groups is 1. The van der Waals surface area contributed by atoms with Crippen molar-refractivity contribution in [2.75, 3.05) is 0 Å². The van der Waals surface area contributed by atoms with E-state index < -0.39 is 0 Å². The van der Waals surface area contributed by atoms with Gasteiger partial charge in [-0.15, -0.1) is 0 Å². The van der Waals surface area contributed by atoms with Gasteiger partial charge in [-0.1, -0.05) is 36.4 Å². The first kappa shape index (κ1) is 11.5. The Balaban J connectivity index is 1.87. The summed E-state index contributed by atoms with van der Waals surface area (Å²) >= 11 is 3.43. The summed E-state index contributed by atoms with van der Waals surface area (Å²) in [5.74, 6) is 0.0821. The zero-order valence-electron chi connectivity index (χ0n) is 9.77. The maximum Gasteiger partial charge on any atom is 0.255 e. The van der Waals surface area contributed by atoms with Gasteiger partial charge in [-0.3, -0.25) is 4.79 Å². The largest absolute Gasteiger partial charge is 0.330 e. The number of nitrogens with zero attached hydrogens (tertiary/aromatic N) is 1. The van der Waals surface area contributed by atoms with E-state index in [1.807, 2.05) is 41.3 Å². The molecule has 18 heavy (non-hydrogen) atoms. The van der Waals surface area contributed by atoms with E-state index in [1.54, 1.807) is 0 Å². The van der Waals surface area contributed by atoms with Gasteiger partial charge in [0, 0.05) is 17.6 Å². The smallest absolute Gasteiger partial charge is 0.255 e. The molecule has 2 aromatic rings. The van der Waals surface area contributed by atoms with Crippen LogP contribution in [0.15, 0.2) is 53.0 Å². The molecule has 1 aliphatic rings. The molecule has 0 saturated carbocycles. The Bertz CT molecular complexity index is 584. The standard InChI is InChI=1S/C15H12BrNO/c16-14-8-4-3-7-13(14)15(18)17-9-11-5-1-2-6-12(11)10-17/h1-8H,9-10H2. The molecule has 0 atom stereocenters. The normalized spacial score (nSPS) is 13.5. The van der Waals surface area contributed by atoms with Gasteiger partial charge in [0.2, 0.25) is 0 Å². The number of amides is 1. The molecule has 1 heterocycles. The summed E-state index contributed by atoms with van der Waals surface area (Å²) in [5, 5.41) is 0. The first-order chi connectivity index (χ1) is 8.75. The van der Waals surface area contributed by atoms with Crippen LogP contribution in [0.4, 0.5) is 0 Å². The molecule has 2 aromatic carbocycles. The van der Waals surface area contributed by atoms with Crippen LogP contribution in [0.1, 0.15) is 21.5 Å². The van der Waals surface area contributed by atoms with Crippen molar-refractivity contribution in [3.63, 3.8) is 0 Å². The van der Waals surface area contributed by atoms with Crippen LogP contribution in [-0.4, -0.2) is 10.8 Å². The van der Waals surface area contributed by atoms with Crippen molar-refractivity contribution in [1.29, 1.82) is 0 Å². The first-order valence-corrected chi connectivity index (χ1v) is 6.65. The molecule has 0 N–H and O–H groups in total. The van der Waals surface area contributed by atoms with Gasteiger partial charge in [-0.2, -0.15) is 0 Å². The molecule has 0 fully saturated rings. The first-order valence-electron chi connectivity index (χ1n) is 5.86. The molecule has 1 aliphatic heterocycles. The third-order valence-electron chi connectivity index (χ3n) is 3.23. The summed E-state index contributed by atoms with van der Waals surface area (Å²) in [6.45, 7) is 1.41. The van der Waals surface area contributed by atoms with Crippen LogP contribution in [0.25, 0.3) is 0 Å². The van der Waals surface area contributed by atoms with E-state index in [2.05, 4.69) is 28.1 Å². The number of halogens is 1. The summed E-state index contributed by atoms with van der Waals surface area (Å²) in [6, 6.07) is 15.8. The predicted molar refractivity (Wildman–Crippen MR) is 74.2 cm³/mol. The molecule has 2 nitrogen and oxygen atoms in total. The SMILES string of the molecule is O=C(c1ccccc1Br)N1Cc2ccccc2C1. The average Bonchev–Trinajstić information content (AvgIpc) is 2.82. The van der Waals surface area contributed by atoms with Crippen LogP contribution < -0.4 is 0 Å². The van der Waals surface area contributed by atoms with E-state index in [9.17, 15) is 4.79 Å². The monoisotopic (exact) mass is 301 g/mol. The van der Waals surface area contributed by atoms with E-state index >= 15 is 0 Å². The number of benzene rings is 2. The summed E-state index contributed by atoms with van der Waals surface area (Å²) in [4.78, 5) is 14.3. The Labute approximate surface area is 114 Å². The fraction of sp³-hybridized carbons (Fsp3) is 0.133. The van der Waals surface area contributed by atoms with E-state index in [4.69, 9.17) is 0 Å². The second-order valence-corrected chi connectivity index (χ2v) is 5.26. The summed E-state index contributed by atoms with van der Waals surface area (Å²) < 4.78 is 0.853. The molecule has 0 spiro atoms. The minimum Gasteiger partial charge on any atom is -0.330 e. The highest BCUT2D eigenvalue weighted by Gasteiger charge is 2.24. The van der Waals surface area contributed by atoms with Gasteiger partial charge in [0.05, 0.1) is 5.56 Å². The van der Waals surface area contributed by atoms with E-state index in [-0.39, 0.29) is 5.91 Å². The Morgan fingerprint density at radius 3 is 2.11 bits per heavy atom. The molecule has 0 bridgehead atoms. The van der Waals surface area contributed by atoms with Crippen LogP contribution >= 0.6 is 15.9 Å². The van der Waals surface area contributed by atoms with Gasteiger partial charge >= 0.3 is 0 Å². The number of carbonyl (C=O) groups excluding carboxylic acids is 1. The van der Waals surface area contributed by atoms with E-state index in [0.29, 0.717) is 13.1 Å². The third kappa shape index (κ3) is 1.95. The third-order valence-corrected chi connectivity index (χ3v) is 3.92. The van der Waals surface area contributed by atoms with E-state index in [1.165, 1.54) is 11.1 Å². The summed E-state index contributed by atoms with van der Waals surface area (Å²) in [6.07, 6.45) is 0. The summed E-state index contributed by atoms with van der Waals surface area (Å²) in [7, 11) is 0. The number of hydrogen-bond acceptors (Lipinski definition) is 1. The van der Waals surface area contributed by atoms with Crippen molar-refractivity contribution in [3.05, 3.63) is 69.7 Å². The topological polar surface area (TPSA) is 20.3 Å². The maximum absolute atomic E-state index is 12.4. The quantitative estimate of drug-likeness (QED) is 0.788. The minimum atomic E-state index is 0.0821.